The lowest BCUT2D eigenvalue weighted by molar-refractivity contribution is 0.248. The Balaban J connectivity index is 2.11. The fourth-order valence-corrected chi connectivity index (χ4v) is 2.08. The maximum atomic E-state index is 8.89. The van der Waals surface area contributed by atoms with Gasteiger partial charge in [-0.1, -0.05) is 13.8 Å². The molecule has 0 saturated carbocycles. The minimum atomic E-state index is 0.0657. The highest BCUT2D eigenvalue weighted by molar-refractivity contribution is 6.28. The molecule has 0 radical (unpaired) electrons. The minimum Gasteiger partial charge on any atom is -0.396 e. The van der Waals surface area contributed by atoms with Crippen LogP contribution in [-0.4, -0.2) is 38.4 Å². The number of aliphatic hydroxyl groups excluding tert-OH is 1. The molecule has 0 aliphatic carbocycles. The Bertz CT molecular complexity index is 554. The SMILES string of the molecule is CC(C)(CCCO)CNc1nc(Cl)nc2[nH]ncc12. The highest BCUT2D eigenvalue weighted by Crippen LogP contribution is 2.25. The van der Waals surface area contributed by atoms with Crippen molar-refractivity contribution < 1.29 is 5.11 Å². The quantitative estimate of drug-likeness (QED) is 0.708. The number of fused-ring (bicyclic) bond motifs is 1. The summed E-state index contributed by atoms with van der Waals surface area (Å²) in [5, 5.41) is 19.9. The molecule has 0 fully saturated rings. The third kappa shape index (κ3) is 3.54. The molecule has 2 rings (SSSR count). The molecule has 0 aliphatic rings. The zero-order valence-corrected chi connectivity index (χ0v) is 11.8. The maximum absolute atomic E-state index is 8.89. The van der Waals surface area contributed by atoms with Gasteiger partial charge in [-0.25, -0.2) is 0 Å². The molecule has 0 saturated heterocycles. The number of hydrogen-bond acceptors (Lipinski definition) is 5. The van der Waals surface area contributed by atoms with Gasteiger partial charge in [-0.3, -0.25) is 5.10 Å². The molecule has 104 valence electrons. The van der Waals surface area contributed by atoms with Gasteiger partial charge in [0.05, 0.1) is 11.6 Å². The molecule has 2 aromatic rings. The van der Waals surface area contributed by atoms with Gasteiger partial charge in [0, 0.05) is 13.2 Å². The van der Waals surface area contributed by atoms with E-state index in [9.17, 15) is 0 Å². The van der Waals surface area contributed by atoms with Crippen molar-refractivity contribution in [2.45, 2.75) is 26.7 Å². The normalized spacial score (nSPS) is 12.0. The standard InChI is InChI=1S/C12H18ClN5O/c1-12(2,4-3-5-19)7-14-9-8-6-15-18-10(8)17-11(13)16-9/h6,19H,3-5,7H2,1-2H3,(H2,14,15,16,17,18). The Hall–Kier alpha value is -1.40. The molecule has 2 aromatic heterocycles. The highest BCUT2D eigenvalue weighted by atomic mass is 35.5. The summed E-state index contributed by atoms with van der Waals surface area (Å²) in [7, 11) is 0. The van der Waals surface area contributed by atoms with Crippen LogP contribution in [0.15, 0.2) is 6.20 Å². The van der Waals surface area contributed by atoms with Crippen molar-refractivity contribution in [1.29, 1.82) is 0 Å². The van der Waals surface area contributed by atoms with Crippen molar-refractivity contribution in [2.75, 3.05) is 18.5 Å². The van der Waals surface area contributed by atoms with Gasteiger partial charge in [-0.2, -0.15) is 15.1 Å². The van der Waals surface area contributed by atoms with Gasteiger partial charge in [0.2, 0.25) is 5.28 Å². The lowest BCUT2D eigenvalue weighted by Gasteiger charge is -2.25. The lowest BCUT2D eigenvalue weighted by atomic mass is 9.88. The van der Waals surface area contributed by atoms with Crippen molar-refractivity contribution in [1.82, 2.24) is 20.2 Å². The molecule has 0 unspecified atom stereocenters. The summed E-state index contributed by atoms with van der Waals surface area (Å²) in [6.45, 7) is 5.24. The molecular weight excluding hydrogens is 266 g/mol. The van der Waals surface area contributed by atoms with Crippen molar-refractivity contribution in [3.05, 3.63) is 11.5 Å². The Morgan fingerprint density at radius 2 is 2.21 bits per heavy atom. The van der Waals surface area contributed by atoms with Gasteiger partial charge in [-0.15, -0.1) is 0 Å². The summed E-state index contributed by atoms with van der Waals surface area (Å²) in [6.07, 6.45) is 3.40. The van der Waals surface area contributed by atoms with Crippen LogP contribution in [0, 0.1) is 5.41 Å². The maximum Gasteiger partial charge on any atom is 0.226 e. The number of hydrogen-bond donors (Lipinski definition) is 3. The molecule has 0 spiro atoms. The molecule has 0 aliphatic heterocycles. The van der Waals surface area contributed by atoms with E-state index in [1.807, 2.05) is 0 Å². The number of nitrogens with one attached hydrogen (secondary N) is 2. The van der Waals surface area contributed by atoms with Gasteiger partial charge < -0.3 is 10.4 Å². The van der Waals surface area contributed by atoms with E-state index in [4.69, 9.17) is 16.7 Å². The first kappa shape index (κ1) is 14.0. The van der Waals surface area contributed by atoms with Crippen LogP contribution in [0.1, 0.15) is 26.7 Å². The van der Waals surface area contributed by atoms with Crippen LogP contribution in [0.4, 0.5) is 5.82 Å². The minimum absolute atomic E-state index is 0.0657. The van der Waals surface area contributed by atoms with E-state index >= 15 is 0 Å². The topological polar surface area (TPSA) is 86.7 Å². The van der Waals surface area contributed by atoms with Crippen molar-refractivity contribution in [2.24, 2.45) is 5.41 Å². The third-order valence-corrected chi connectivity index (χ3v) is 3.20. The van der Waals surface area contributed by atoms with E-state index < -0.39 is 0 Å². The van der Waals surface area contributed by atoms with Gasteiger partial charge in [0.15, 0.2) is 5.65 Å². The van der Waals surface area contributed by atoms with Crippen LogP contribution in [0.3, 0.4) is 0 Å². The van der Waals surface area contributed by atoms with Crippen LogP contribution < -0.4 is 5.32 Å². The molecular formula is C12H18ClN5O. The smallest absolute Gasteiger partial charge is 0.226 e. The lowest BCUT2D eigenvalue weighted by Crippen LogP contribution is -2.24. The van der Waals surface area contributed by atoms with E-state index in [2.05, 4.69) is 39.3 Å². The molecule has 0 atom stereocenters. The van der Waals surface area contributed by atoms with Gasteiger partial charge in [-0.05, 0) is 29.9 Å². The number of halogens is 1. The summed E-state index contributed by atoms with van der Waals surface area (Å²) in [6, 6.07) is 0. The molecule has 0 amide bonds. The van der Waals surface area contributed by atoms with Crippen LogP contribution >= 0.6 is 11.6 Å². The highest BCUT2D eigenvalue weighted by Gasteiger charge is 2.18. The second kappa shape index (κ2) is 5.71. The summed E-state index contributed by atoms with van der Waals surface area (Å²) in [5.41, 5.74) is 0.687. The second-order valence-corrected chi connectivity index (χ2v) is 5.66. The monoisotopic (exact) mass is 283 g/mol. The first-order valence-corrected chi connectivity index (χ1v) is 6.61. The number of rotatable bonds is 6. The van der Waals surface area contributed by atoms with Gasteiger partial charge in [0.25, 0.3) is 0 Å². The average molecular weight is 284 g/mol. The predicted molar refractivity (Wildman–Crippen MR) is 75.3 cm³/mol. The summed E-state index contributed by atoms with van der Waals surface area (Å²) >= 11 is 5.87. The molecule has 3 N–H and O–H groups in total. The Morgan fingerprint density at radius 3 is 2.95 bits per heavy atom. The number of aromatic amines is 1. The largest absolute Gasteiger partial charge is 0.396 e. The predicted octanol–water partition coefficient (Wildman–Crippen LogP) is 2.22. The number of aliphatic hydroxyl groups is 1. The molecule has 6 nitrogen and oxygen atoms in total. The molecule has 0 aromatic carbocycles. The summed E-state index contributed by atoms with van der Waals surface area (Å²) < 4.78 is 0. The Morgan fingerprint density at radius 1 is 1.42 bits per heavy atom. The first-order chi connectivity index (χ1) is 9.02. The van der Waals surface area contributed by atoms with Gasteiger partial charge >= 0.3 is 0 Å². The second-order valence-electron chi connectivity index (χ2n) is 5.32. The van der Waals surface area contributed by atoms with Crippen LogP contribution in [0.2, 0.25) is 5.28 Å². The Kier molecular flexibility index (Phi) is 4.21. The zero-order chi connectivity index (χ0) is 13.9. The molecule has 19 heavy (non-hydrogen) atoms. The van der Waals surface area contributed by atoms with Gasteiger partial charge in [0.1, 0.15) is 5.82 Å². The van der Waals surface area contributed by atoms with Crippen LogP contribution in [-0.2, 0) is 0 Å². The van der Waals surface area contributed by atoms with E-state index in [0.717, 1.165) is 24.8 Å². The van der Waals surface area contributed by atoms with E-state index in [-0.39, 0.29) is 17.3 Å². The van der Waals surface area contributed by atoms with Crippen molar-refractivity contribution in [3.8, 4) is 0 Å². The molecule has 0 bridgehead atoms. The fraction of sp³-hybridized carbons (Fsp3) is 0.583. The molecule has 2 heterocycles. The zero-order valence-electron chi connectivity index (χ0n) is 11.1. The van der Waals surface area contributed by atoms with E-state index in [0.29, 0.717) is 11.5 Å². The summed E-state index contributed by atoms with van der Waals surface area (Å²) in [5.74, 6) is 0.681. The fourth-order valence-electron chi connectivity index (χ4n) is 1.91. The number of H-pyrrole nitrogens is 1. The van der Waals surface area contributed by atoms with Crippen molar-refractivity contribution in [3.63, 3.8) is 0 Å². The first-order valence-electron chi connectivity index (χ1n) is 6.23. The van der Waals surface area contributed by atoms with E-state index in [1.54, 1.807) is 6.20 Å². The van der Waals surface area contributed by atoms with E-state index in [1.165, 1.54) is 0 Å². The van der Waals surface area contributed by atoms with Crippen LogP contribution in [0.5, 0.6) is 0 Å². The van der Waals surface area contributed by atoms with Crippen LogP contribution in [0.25, 0.3) is 11.0 Å². The molecule has 7 heteroatoms. The summed E-state index contributed by atoms with van der Waals surface area (Å²) in [4.78, 5) is 8.24. The third-order valence-electron chi connectivity index (χ3n) is 3.03. The van der Waals surface area contributed by atoms with Crippen molar-refractivity contribution >= 4 is 28.5 Å². The number of anilines is 1. The number of nitrogens with zero attached hydrogens (tertiary/aromatic N) is 3. The average Bonchev–Trinajstić information content (AvgIpc) is 2.81. The number of aromatic nitrogens is 4. The Labute approximate surface area is 116 Å².